The van der Waals surface area contributed by atoms with E-state index in [1.54, 1.807) is 0 Å². The van der Waals surface area contributed by atoms with Crippen molar-refractivity contribution < 1.29 is 0 Å². The third-order valence-electron chi connectivity index (χ3n) is 3.23. The second kappa shape index (κ2) is 4.38. The number of rotatable bonds is 2. The highest BCUT2D eigenvalue weighted by Crippen LogP contribution is 2.25. The van der Waals surface area contributed by atoms with E-state index in [-0.39, 0.29) is 0 Å². The van der Waals surface area contributed by atoms with E-state index in [1.807, 2.05) is 13.0 Å². The molecule has 0 fully saturated rings. The number of anilines is 1. The molecule has 1 aliphatic heterocycles. The van der Waals surface area contributed by atoms with Gasteiger partial charge in [0.25, 0.3) is 0 Å². The molecule has 1 aromatic carbocycles. The van der Waals surface area contributed by atoms with Crippen LogP contribution >= 0.6 is 0 Å². The minimum atomic E-state index is 0.456. The molecule has 0 amide bonds. The summed E-state index contributed by atoms with van der Waals surface area (Å²) >= 11 is 0. The average molecular weight is 240 g/mol. The fourth-order valence-corrected chi connectivity index (χ4v) is 2.34. The fraction of sp³-hybridized carbons (Fsp3) is 0.286. The molecule has 0 aliphatic carbocycles. The van der Waals surface area contributed by atoms with Gasteiger partial charge in [0, 0.05) is 25.3 Å². The number of aryl methyl sites for hydroxylation is 1. The Morgan fingerprint density at radius 1 is 1.17 bits per heavy atom. The highest BCUT2D eigenvalue weighted by molar-refractivity contribution is 5.43. The molecule has 0 saturated heterocycles. The van der Waals surface area contributed by atoms with Crippen LogP contribution in [0.2, 0.25) is 0 Å². The van der Waals surface area contributed by atoms with E-state index < -0.39 is 0 Å². The zero-order valence-electron chi connectivity index (χ0n) is 10.4. The first kappa shape index (κ1) is 11.2. The van der Waals surface area contributed by atoms with Crippen molar-refractivity contribution >= 4 is 5.95 Å². The van der Waals surface area contributed by atoms with Gasteiger partial charge < -0.3 is 10.6 Å². The topological polar surface area (TPSA) is 55.0 Å². The third kappa shape index (κ3) is 1.95. The van der Waals surface area contributed by atoms with Crippen LogP contribution in [-0.2, 0) is 19.6 Å². The van der Waals surface area contributed by atoms with E-state index in [4.69, 9.17) is 5.73 Å². The molecule has 1 aliphatic rings. The summed E-state index contributed by atoms with van der Waals surface area (Å²) in [5.74, 6) is 0.784. The Hall–Kier alpha value is -1.94. The monoisotopic (exact) mass is 240 g/mol. The Bertz CT molecular complexity index is 555. The zero-order valence-corrected chi connectivity index (χ0v) is 10.4. The summed E-state index contributed by atoms with van der Waals surface area (Å²) in [5, 5.41) is 0. The molecule has 4 heteroatoms. The minimum Gasteiger partial charge on any atom is -0.332 e. The summed E-state index contributed by atoms with van der Waals surface area (Å²) in [6.45, 7) is 4.19. The van der Waals surface area contributed by atoms with Gasteiger partial charge in [-0.3, -0.25) is 0 Å². The van der Waals surface area contributed by atoms with Crippen molar-refractivity contribution in [3.8, 4) is 0 Å². The van der Waals surface area contributed by atoms with Crippen molar-refractivity contribution in [1.82, 2.24) is 9.97 Å². The Morgan fingerprint density at radius 3 is 2.44 bits per heavy atom. The molecule has 0 radical (unpaired) electrons. The predicted molar refractivity (Wildman–Crippen MR) is 71.0 cm³/mol. The van der Waals surface area contributed by atoms with Gasteiger partial charge in [-0.1, -0.05) is 24.3 Å². The van der Waals surface area contributed by atoms with Crippen molar-refractivity contribution in [3.05, 3.63) is 52.8 Å². The summed E-state index contributed by atoms with van der Waals surface area (Å²) in [4.78, 5) is 11.2. The molecule has 0 spiro atoms. The number of nitrogens with zero attached hydrogens (tertiary/aromatic N) is 3. The summed E-state index contributed by atoms with van der Waals surface area (Å²) in [7, 11) is 0. The molecule has 2 aromatic rings. The quantitative estimate of drug-likeness (QED) is 0.869. The molecule has 3 rings (SSSR count). The second-order valence-corrected chi connectivity index (χ2v) is 4.63. The number of nitrogens with two attached hydrogens (primary N) is 1. The van der Waals surface area contributed by atoms with Crippen LogP contribution < -0.4 is 10.6 Å². The van der Waals surface area contributed by atoms with Gasteiger partial charge in [0.05, 0.1) is 5.69 Å². The van der Waals surface area contributed by atoms with Gasteiger partial charge in [-0.25, -0.2) is 9.97 Å². The van der Waals surface area contributed by atoms with Crippen LogP contribution in [0.25, 0.3) is 0 Å². The molecule has 0 atom stereocenters. The van der Waals surface area contributed by atoms with Crippen molar-refractivity contribution in [3.63, 3.8) is 0 Å². The summed E-state index contributed by atoms with van der Waals surface area (Å²) in [6, 6.07) is 10.4. The van der Waals surface area contributed by atoms with Crippen LogP contribution in [0.1, 0.15) is 22.5 Å². The average Bonchev–Trinajstić information content (AvgIpc) is 2.81. The molecule has 2 N–H and O–H groups in total. The van der Waals surface area contributed by atoms with E-state index in [0.717, 1.165) is 30.4 Å². The predicted octanol–water partition coefficient (Wildman–Crippen LogP) is 1.76. The molecule has 0 bridgehead atoms. The highest BCUT2D eigenvalue weighted by atomic mass is 15.3. The number of benzene rings is 1. The van der Waals surface area contributed by atoms with Gasteiger partial charge in [-0.2, -0.15) is 0 Å². The van der Waals surface area contributed by atoms with E-state index >= 15 is 0 Å². The van der Waals surface area contributed by atoms with Crippen LogP contribution in [-0.4, -0.2) is 9.97 Å². The van der Waals surface area contributed by atoms with Gasteiger partial charge in [0.1, 0.15) is 0 Å². The van der Waals surface area contributed by atoms with Gasteiger partial charge in [-0.05, 0) is 24.1 Å². The van der Waals surface area contributed by atoms with Crippen molar-refractivity contribution in [2.75, 3.05) is 4.90 Å². The number of hydrogen-bond donors (Lipinski definition) is 1. The molecular formula is C14H16N4. The van der Waals surface area contributed by atoms with E-state index in [0.29, 0.717) is 6.54 Å². The van der Waals surface area contributed by atoms with Gasteiger partial charge in [0.15, 0.2) is 0 Å². The number of fused-ring (bicyclic) bond motifs is 1. The van der Waals surface area contributed by atoms with Gasteiger partial charge in [-0.15, -0.1) is 0 Å². The first-order chi connectivity index (χ1) is 8.76. The van der Waals surface area contributed by atoms with Gasteiger partial charge in [0.2, 0.25) is 5.95 Å². The van der Waals surface area contributed by atoms with Crippen LogP contribution in [0.5, 0.6) is 0 Å². The van der Waals surface area contributed by atoms with E-state index in [9.17, 15) is 0 Å². The molecule has 92 valence electrons. The standard InChI is InChI=1S/C14H16N4/c1-10-6-13(7-15)17-14(16-10)18-8-11-4-2-3-5-12(11)9-18/h2-6H,7-9,15H2,1H3. The first-order valence-electron chi connectivity index (χ1n) is 6.12. The Morgan fingerprint density at radius 2 is 1.83 bits per heavy atom. The lowest BCUT2D eigenvalue weighted by molar-refractivity contribution is 0.806. The van der Waals surface area contributed by atoms with Crippen molar-refractivity contribution in [2.45, 2.75) is 26.6 Å². The maximum absolute atomic E-state index is 5.66. The normalized spacial score (nSPS) is 13.8. The highest BCUT2D eigenvalue weighted by Gasteiger charge is 2.20. The molecule has 0 saturated carbocycles. The summed E-state index contributed by atoms with van der Waals surface area (Å²) in [6.07, 6.45) is 0. The number of hydrogen-bond acceptors (Lipinski definition) is 4. The van der Waals surface area contributed by atoms with E-state index in [2.05, 4.69) is 39.1 Å². The molecular weight excluding hydrogens is 224 g/mol. The minimum absolute atomic E-state index is 0.456. The fourth-order valence-electron chi connectivity index (χ4n) is 2.34. The van der Waals surface area contributed by atoms with Crippen LogP contribution in [0.3, 0.4) is 0 Å². The zero-order chi connectivity index (χ0) is 12.5. The third-order valence-corrected chi connectivity index (χ3v) is 3.23. The van der Waals surface area contributed by atoms with Gasteiger partial charge >= 0.3 is 0 Å². The number of aromatic nitrogens is 2. The SMILES string of the molecule is Cc1cc(CN)nc(N2Cc3ccccc3C2)n1. The lowest BCUT2D eigenvalue weighted by atomic mass is 10.1. The Labute approximate surface area is 106 Å². The Kier molecular flexibility index (Phi) is 2.72. The van der Waals surface area contributed by atoms with E-state index in [1.165, 1.54) is 11.1 Å². The molecule has 18 heavy (non-hydrogen) atoms. The molecule has 2 heterocycles. The largest absolute Gasteiger partial charge is 0.332 e. The summed E-state index contributed by atoms with van der Waals surface area (Å²) < 4.78 is 0. The van der Waals surface area contributed by atoms with Crippen LogP contribution in [0, 0.1) is 6.92 Å². The summed E-state index contributed by atoms with van der Waals surface area (Å²) in [5.41, 5.74) is 10.2. The molecule has 0 unspecified atom stereocenters. The molecule has 1 aromatic heterocycles. The van der Waals surface area contributed by atoms with Crippen molar-refractivity contribution in [2.24, 2.45) is 5.73 Å². The maximum Gasteiger partial charge on any atom is 0.226 e. The van der Waals surface area contributed by atoms with Crippen LogP contribution in [0.4, 0.5) is 5.95 Å². The lowest BCUT2D eigenvalue weighted by Gasteiger charge is -2.16. The smallest absolute Gasteiger partial charge is 0.226 e. The van der Waals surface area contributed by atoms with Crippen LogP contribution in [0.15, 0.2) is 30.3 Å². The van der Waals surface area contributed by atoms with Crippen molar-refractivity contribution in [1.29, 1.82) is 0 Å². The second-order valence-electron chi connectivity index (χ2n) is 4.63. The maximum atomic E-state index is 5.66. The molecule has 4 nitrogen and oxygen atoms in total. The lowest BCUT2D eigenvalue weighted by Crippen LogP contribution is -2.19. The Balaban J connectivity index is 1.92. The first-order valence-corrected chi connectivity index (χ1v) is 6.12.